The van der Waals surface area contributed by atoms with Crippen LogP contribution < -0.4 is 25.4 Å². The van der Waals surface area contributed by atoms with Crippen molar-refractivity contribution in [2.24, 2.45) is 5.10 Å². The molecule has 0 aliphatic rings. The highest BCUT2D eigenvalue weighted by atomic mass is 16.8. The lowest BCUT2D eigenvalue weighted by molar-refractivity contribution is -0.996. The molecular weight excluding hydrogens is 404 g/mol. The fraction of sp³-hybridized carbons (Fsp3) is 0.0952. The van der Waals surface area contributed by atoms with Gasteiger partial charge in [-0.15, -0.1) is 0 Å². The Kier molecular flexibility index (Phi) is 7.15. The monoisotopic (exact) mass is 426 g/mol. The molecule has 10 nitrogen and oxygen atoms in total. The third-order valence-electron chi connectivity index (χ3n) is 4.51. The molecule has 0 heterocycles. The largest absolute Gasteiger partial charge is 0.595 e. The van der Waals surface area contributed by atoms with Gasteiger partial charge in [-0.05, 0) is 54.6 Å². The van der Waals surface area contributed by atoms with Gasteiger partial charge in [-0.3, -0.25) is 5.43 Å². The van der Waals surface area contributed by atoms with Crippen molar-refractivity contribution >= 4 is 22.8 Å². The Morgan fingerprint density at radius 1 is 0.806 bits per heavy atom. The van der Waals surface area contributed by atoms with Crippen LogP contribution in [0.25, 0.3) is 0 Å². The summed E-state index contributed by atoms with van der Waals surface area (Å²) in [5.41, 5.74) is 4.67. The normalized spacial score (nSPS) is 12.6. The van der Waals surface area contributed by atoms with E-state index in [0.717, 1.165) is 17.2 Å². The number of benzene rings is 3. The molecule has 0 aliphatic carbocycles. The average Bonchev–Trinajstić information content (AvgIpc) is 2.79. The number of hydrogen-bond donors (Lipinski definition) is 5. The van der Waals surface area contributed by atoms with E-state index in [1.165, 1.54) is 12.1 Å². The molecule has 0 amide bonds. The van der Waals surface area contributed by atoms with Crippen molar-refractivity contribution < 1.29 is 30.3 Å². The Morgan fingerprint density at radius 2 is 1.32 bits per heavy atom. The van der Waals surface area contributed by atoms with Crippen molar-refractivity contribution in [2.45, 2.75) is 0 Å². The standard InChI is InChI=1S/C21H22N4O6/c1-30-17-8-3-14(4-9-17)21(15-5-10-18(31-2)11-6-15)23-22-19-12-7-16(24(26)27)13-20(19)25(28)29/h3-13,22,24-26,28H,1-2H3. The lowest BCUT2D eigenvalue weighted by Gasteiger charge is -2.18. The summed E-state index contributed by atoms with van der Waals surface area (Å²) in [4.78, 5) is 0. The van der Waals surface area contributed by atoms with E-state index < -0.39 is 10.5 Å². The molecule has 0 bridgehead atoms. The molecule has 0 saturated carbocycles. The van der Waals surface area contributed by atoms with Gasteiger partial charge in [0.2, 0.25) is 0 Å². The van der Waals surface area contributed by atoms with Gasteiger partial charge in [-0.1, -0.05) is 0 Å². The Morgan fingerprint density at radius 3 is 1.74 bits per heavy atom. The molecule has 31 heavy (non-hydrogen) atoms. The van der Waals surface area contributed by atoms with Gasteiger partial charge in [-0.25, -0.2) is 10.4 Å². The first-order valence-electron chi connectivity index (χ1n) is 9.16. The number of hydrogen-bond acceptors (Lipinski definition) is 8. The first-order valence-corrected chi connectivity index (χ1v) is 9.16. The van der Waals surface area contributed by atoms with E-state index in [-0.39, 0.29) is 17.1 Å². The maximum absolute atomic E-state index is 11.6. The van der Waals surface area contributed by atoms with Crippen molar-refractivity contribution in [2.75, 3.05) is 19.6 Å². The Hall–Kier alpha value is -3.51. The van der Waals surface area contributed by atoms with Gasteiger partial charge in [0.15, 0.2) is 11.4 Å². The van der Waals surface area contributed by atoms with Crippen LogP contribution >= 0.6 is 0 Å². The summed E-state index contributed by atoms with van der Waals surface area (Å²) in [7, 11) is 3.15. The lowest BCUT2D eigenvalue weighted by atomic mass is 10.0. The molecule has 3 aromatic rings. The van der Waals surface area contributed by atoms with Crippen LogP contribution in [0.2, 0.25) is 0 Å². The second-order valence-corrected chi connectivity index (χ2v) is 6.40. The molecule has 3 rings (SSSR count). The van der Waals surface area contributed by atoms with Crippen LogP contribution in [0.3, 0.4) is 0 Å². The Labute approximate surface area is 178 Å². The fourth-order valence-corrected chi connectivity index (χ4v) is 2.86. The predicted octanol–water partition coefficient (Wildman–Crippen LogP) is 1.38. The molecule has 0 aliphatic heterocycles. The van der Waals surface area contributed by atoms with Crippen LogP contribution in [0.15, 0.2) is 71.8 Å². The number of methoxy groups -OCH3 is 2. The smallest absolute Gasteiger partial charge is 0.195 e. The van der Waals surface area contributed by atoms with Gasteiger partial charge < -0.3 is 19.9 Å². The molecule has 10 heteroatoms. The third-order valence-corrected chi connectivity index (χ3v) is 4.51. The van der Waals surface area contributed by atoms with Crippen LogP contribution in [0, 0.1) is 10.4 Å². The highest BCUT2D eigenvalue weighted by Gasteiger charge is 2.15. The molecule has 2 atom stereocenters. The minimum Gasteiger partial charge on any atom is -0.595 e. The van der Waals surface area contributed by atoms with Crippen molar-refractivity contribution in [3.8, 4) is 11.5 Å². The highest BCUT2D eigenvalue weighted by molar-refractivity contribution is 6.13. The summed E-state index contributed by atoms with van der Waals surface area (Å²) in [6.45, 7) is 0. The van der Waals surface area contributed by atoms with Gasteiger partial charge in [0, 0.05) is 17.2 Å². The van der Waals surface area contributed by atoms with Gasteiger partial charge in [0.25, 0.3) is 0 Å². The van der Waals surface area contributed by atoms with Crippen LogP contribution in [0.4, 0.5) is 17.1 Å². The maximum Gasteiger partial charge on any atom is 0.195 e. The van der Waals surface area contributed by atoms with Gasteiger partial charge in [0.05, 0.1) is 26.0 Å². The highest BCUT2D eigenvalue weighted by Crippen LogP contribution is 2.23. The maximum atomic E-state index is 11.6. The zero-order chi connectivity index (χ0) is 22.4. The third kappa shape index (κ3) is 5.35. The molecule has 0 aromatic heterocycles. The number of anilines is 1. The quantitative estimate of drug-likeness (QED) is 0.271. The first-order chi connectivity index (χ1) is 14.9. The molecule has 162 valence electrons. The van der Waals surface area contributed by atoms with E-state index in [1.807, 2.05) is 24.3 Å². The SMILES string of the molecule is COc1ccc(C(=NNc2ccc([NH+]([O-])O)cc2[NH+]([O-])O)c2ccc(OC)cc2)cc1. The number of quaternary nitrogens is 2. The minimum atomic E-state index is -1.27. The van der Waals surface area contributed by atoms with Crippen molar-refractivity contribution in [1.29, 1.82) is 0 Å². The Bertz CT molecular complexity index is 987. The second kappa shape index (κ2) is 10.00. The van der Waals surface area contributed by atoms with E-state index in [4.69, 9.17) is 14.7 Å². The van der Waals surface area contributed by atoms with Gasteiger partial charge in [-0.2, -0.15) is 15.6 Å². The van der Waals surface area contributed by atoms with E-state index in [2.05, 4.69) is 10.5 Å². The molecule has 2 unspecified atom stereocenters. The van der Waals surface area contributed by atoms with Crippen molar-refractivity contribution in [1.82, 2.24) is 0 Å². The summed E-state index contributed by atoms with van der Waals surface area (Å²) < 4.78 is 10.4. The van der Waals surface area contributed by atoms with Crippen LogP contribution in [-0.4, -0.2) is 30.3 Å². The van der Waals surface area contributed by atoms with Crippen molar-refractivity contribution in [3.05, 3.63) is 88.3 Å². The number of nitrogens with one attached hydrogen (secondary N) is 3. The van der Waals surface area contributed by atoms with Gasteiger partial charge >= 0.3 is 0 Å². The summed E-state index contributed by atoms with van der Waals surface area (Å²) in [5, 5.41) is 43.3. The molecule has 3 aromatic carbocycles. The summed E-state index contributed by atoms with van der Waals surface area (Å²) >= 11 is 0. The summed E-state index contributed by atoms with van der Waals surface area (Å²) in [6.07, 6.45) is 0. The number of rotatable bonds is 8. The topological polar surface area (TPSA) is 138 Å². The number of nitrogens with zero attached hydrogens (tertiary/aromatic N) is 1. The van der Waals surface area contributed by atoms with E-state index in [1.54, 1.807) is 38.5 Å². The average molecular weight is 426 g/mol. The van der Waals surface area contributed by atoms with Crippen molar-refractivity contribution in [3.63, 3.8) is 0 Å². The molecule has 0 radical (unpaired) electrons. The van der Waals surface area contributed by atoms with E-state index in [9.17, 15) is 15.6 Å². The fourth-order valence-electron chi connectivity index (χ4n) is 2.86. The minimum absolute atomic E-state index is 0.127. The second-order valence-electron chi connectivity index (χ2n) is 6.40. The van der Waals surface area contributed by atoms with Crippen LogP contribution in [-0.2, 0) is 0 Å². The van der Waals surface area contributed by atoms with E-state index in [0.29, 0.717) is 17.2 Å². The Balaban J connectivity index is 2.02. The molecule has 0 fully saturated rings. The molecule has 0 spiro atoms. The van der Waals surface area contributed by atoms with Crippen LogP contribution in [0.1, 0.15) is 11.1 Å². The van der Waals surface area contributed by atoms with Crippen LogP contribution in [0.5, 0.6) is 11.5 Å². The number of ether oxygens (including phenoxy) is 2. The van der Waals surface area contributed by atoms with Gasteiger partial charge in [0.1, 0.15) is 17.2 Å². The molecular formula is C21H22N4O6. The predicted molar refractivity (Wildman–Crippen MR) is 113 cm³/mol. The summed E-state index contributed by atoms with van der Waals surface area (Å²) in [5.74, 6) is 1.37. The first kappa shape index (κ1) is 22.2. The number of hydrazone groups is 1. The molecule has 5 N–H and O–H groups in total. The lowest BCUT2D eigenvalue weighted by Crippen LogP contribution is -3.00. The zero-order valence-corrected chi connectivity index (χ0v) is 16.8. The molecule has 0 saturated heterocycles. The summed E-state index contributed by atoms with van der Waals surface area (Å²) in [6, 6.07) is 18.2. The zero-order valence-electron chi connectivity index (χ0n) is 16.8. The van der Waals surface area contributed by atoms with E-state index >= 15 is 0 Å².